The standard InChI is InChI=1S/C57H100O6/c1-4-7-10-13-16-18-20-21-22-23-24-25-26-27-28-29-30-31-32-33-34-35-37-38-41-44-47-50-56(59)62-53-54(52-61-55(58)49-46-43-40-15-12-9-6-3)63-57(60)51-48-45-42-39-36-19-17-14-11-8-5-2/h7,10,16,18,21-22,24-25,27-28,54H,4-6,8-9,11-15,17,19-20,23,26,29-53H2,1-3H3/b10-7-,18-16-,22-21-,25-24-,28-27-. The maximum Gasteiger partial charge on any atom is 0.306 e. The van der Waals surface area contributed by atoms with E-state index in [4.69, 9.17) is 14.2 Å². The molecule has 0 aliphatic rings. The molecule has 0 rings (SSSR count). The van der Waals surface area contributed by atoms with Crippen LogP contribution < -0.4 is 0 Å². The second-order valence-corrected chi connectivity index (χ2v) is 17.8. The Morgan fingerprint density at radius 3 is 0.968 bits per heavy atom. The summed E-state index contributed by atoms with van der Waals surface area (Å²) >= 11 is 0. The summed E-state index contributed by atoms with van der Waals surface area (Å²) in [5.41, 5.74) is 0. The molecular weight excluding hydrogens is 781 g/mol. The third-order valence-corrected chi connectivity index (χ3v) is 11.5. The Labute approximate surface area is 390 Å². The van der Waals surface area contributed by atoms with Crippen LogP contribution in [-0.4, -0.2) is 37.2 Å². The SMILES string of the molecule is CC/C=C\C/C=C\C/C=C\C/C=C\C/C=C\CCCCCCCCCCCCCC(=O)OCC(COC(=O)CCCCCCCCC)OC(=O)CCCCCCCCCCCCC. The van der Waals surface area contributed by atoms with Crippen LogP contribution in [0.25, 0.3) is 0 Å². The molecule has 1 atom stereocenters. The molecule has 1 unspecified atom stereocenters. The number of carbonyl (C=O) groups is 3. The van der Waals surface area contributed by atoms with Crippen LogP contribution in [0.5, 0.6) is 0 Å². The summed E-state index contributed by atoms with van der Waals surface area (Å²) in [5, 5.41) is 0. The number of rotatable bonds is 48. The molecule has 0 aromatic rings. The predicted molar refractivity (Wildman–Crippen MR) is 270 cm³/mol. The molecule has 6 nitrogen and oxygen atoms in total. The van der Waals surface area contributed by atoms with Crippen molar-refractivity contribution in [1.82, 2.24) is 0 Å². The first-order valence-corrected chi connectivity index (χ1v) is 26.8. The molecule has 6 heteroatoms. The topological polar surface area (TPSA) is 78.9 Å². The number of esters is 3. The van der Waals surface area contributed by atoms with Gasteiger partial charge in [0.05, 0.1) is 0 Å². The van der Waals surface area contributed by atoms with Crippen molar-refractivity contribution in [2.24, 2.45) is 0 Å². The van der Waals surface area contributed by atoms with Crippen molar-refractivity contribution in [3.63, 3.8) is 0 Å². The zero-order chi connectivity index (χ0) is 45.8. The lowest BCUT2D eigenvalue weighted by Crippen LogP contribution is -2.30. The van der Waals surface area contributed by atoms with Crippen molar-refractivity contribution in [2.45, 2.75) is 271 Å². The quantitative estimate of drug-likeness (QED) is 0.0262. The number of ether oxygens (including phenoxy) is 3. The lowest BCUT2D eigenvalue weighted by molar-refractivity contribution is -0.167. The predicted octanol–water partition coefficient (Wildman–Crippen LogP) is 17.6. The molecule has 0 aliphatic heterocycles. The summed E-state index contributed by atoms with van der Waals surface area (Å²) in [4.78, 5) is 37.8. The van der Waals surface area contributed by atoms with Gasteiger partial charge in [-0.15, -0.1) is 0 Å². The Morgan fingerprint density at radius 2 is 0.619 bits per heavy atom. The fourth-order valence-corrected chi connectivity index (χ4v) is 7.53. The highest BCUT2D eigenvalue weighted by Crippen LogP contribution is 2.15. The molecular formula is C57H100O6. The Kier molecular flexibility index (Phi) is 49.4. The smallest absolute Gasteiger partial charge is 0.306 e. The molecule has 0 amide bonds. The summed E-state index contributed by atoms with van der Waals surface area (Å²) in [6.45, 7) is 6.48. The molecule has 0 fully saturated rings. The average molecular weight is 881 g/mol. The van der Waals surface area contributed by atoms with Gasteiger partial charge in [-0.05, 0) is 64.2 Å². The average Bonchev–Trinajstić information content (AvgIpc) is 3.28. The number of allylic oxidation sites excluding steroid dienone is 10. The normalized spacial score (nSPS) is 12.5. The lowest BCUT2D eigenvalue weighted by atomic mass is 10.0. The van der Waals surface area contributed by atoms with E-state index in [0.29, 0.717) is 19.3 Å². The minimum atomic E-state index is -0.768. The fraction of sp³-hybridized carbons (Fsp3) is 0.772. The van der Waals surface area contributed by atoms with Crippen LogP contribution >= 0.6 is 0 Å². The highest BCUT2D eigenvalue weighted by Gasteiger charge is 2.19. The van der Waals surface area contributed by atoms with Crippen molar-refractivity contribution in [3.05, 3.63) is 60.8 Å². The van der Waals surface area contributed by atoms with Crippen molar-refractivity contribution in [1.29, 1.82) is 0 Å². The van der Waals surface area contributed by atoms with Gasteiger partial charge in [0.15, 0.2) is 6.10 Å². The third-order valence-electron chi connectivity index (χ3n) is 11.5. The number of hydrogen-bond donors (Lipinski definition) is 0. The van der Waals surface area contributed by atoms with E-state index >= 15 is 0 Å². The van der Waals surface area contributed by atoms with E-state index in [-0.39, 0.29) is 31.1 Å². The Morgan fingerprint density at radius 1 is 0.333 bits per heavy atom. The second kappa shape index (κ2) is 51.7. The zero-order valence-electron chi connectivity index (χ0n) is 41.6. The Bertz CT molecular complexity index is 1150. The Hall–Kier alpha value is -2.89. The fourth-order valence-electron chi connectivity index (χ4n) is 7.53. The van der Waals surface area contributed by atoms with Gasteiger partial charge in [0.1, 0.15) is 13.2 Å². The van der Waals surface area contributed by atoms with Crippen LogP contribution in [-0.2, 0) is 28.6 Å². The second-order valence-electron chi connectivity index (χ2n) is 17.8. The van der Waals surface area contributed by atoms with Crippen molar-refractivity contribution < 1.29 is 28.6 Å². The lowest BCUT2D eigenvalue weighted by Gasteiger charge is -2.18. The van der Waals surface area contributed by atoms with Gasteiger partial charge in [0.2, 0.25) is 0 Å². The Balaban J connectivity index is 4.09. The van der Waals surface area contributed by atoms with Gasteiger partial charge in [-0.2, -0.15) is 0 Å². The van der Waals surface area contributed by atoms with E-state index < -0.39 is 6.10 Å². The highest BCUT2D eigenvalue weighted by atomic mass is 16.6. The number of unbranched alkanes of at least 4 members (excludes halogenated alkanes) is 27. The van der Waals surface area contributed by atoms with E-state index in [1.165, 1.54) is 135 Å². The van der Waals surface area contributed by atoms with Gasteiger partial charge >= 0.3 is 17.9 Å². The summed E-state index contributed by atoms with van der Waals surface area (Å²) in [5.74, 6) is -0.876. The van der Waals surface area contributed by atoms with Crippen LogP contribution in [0.1, 0.15) is 265 Å². The first kappa shape index (κ1) is 60.1. The zero-order valence-corrected chi connectivity index (χ0v) is 41.6. The van der Waals surface area contributed by atoms with Gasteiger partial charge in [0, 0.05) is 19.3 Å². The van der Waals surface area contributed by atoms with Crippen LogP contribution in [0.3, 0.4) is 0 Å². The van der Waals surface area contributed by atoms with E-state index in [1.54, 1.807) is 0 Å². The van der Waals surface area contributed by atoms with E-state index in [2.05, 4.69) is 81.5 Å². The van der Waals surface area contributed by atoms with Crippen molar-refractivity contribution in [3.8, 4) is 0 Å². The molecule has 0 saturated carbocycles. The van der Waals surface area contributed by atoms with Crippen LogP contribution in [0.2, 0.25) is 0 Å². The molecule has 0 aliphatic carbocycles. The van der Waals surface area contributed by atoms with Crippen molar-refractivity contribution >= 4 is 17.9 Å². The third kappa shape index (κ3) is 50.0. The number of carbonyl (C=O) groups excluding carboxylic acids is 3. The molecule has 0 heterocycles. The largest absolute Gasteiger partial charge is 0.462 e. The molecule has 0 bridgehead atoms. The molecule has 63 heavy (non-hydrogen) atoms. The summed E-state index contributed by atoms with van der Waals surface area (Å²) < 4.78 is 16.7. The van der Waals surface area contributed by atoms with Gasteiger partial charge in [-0.25, -0.2) is 0 Å². The molecule has 0 radical (unpaired) electrons. The van der Waals surface area contributed by atoms with Crippen LogP contribution in [0.15, 0.2) is 60.8 Å². The first-order valence-electron chi connectivity index (χ1n) is 26.8. The summed E-state index contributed by atoms with van der Waals surface area (Å²) in [7, 11) is 0. The van der Waals surface area contributed by atoms with Gasteiger partial charge in [-0.1, -0.05) is 242 Å². The van der Waals surface area contributed by atoms with Crippen LogP contribution in [0, 0.1) is 0 Å². The highest BCUT2D eigenvalue weighted by molar-refractivity contribution is 5.71. The molecule has 0 aromatic carbocycles. The van der Waals surface area contributed by atoms with Crippen LogP contribution in [0.4, 0.5) is 0 Å². The maximum atomic E-state index is 12.7. The summed E-state index contributed by atoms with van der Waals surface area (Å²) in [6.07, 6.45) is 63.8. The minimum Gasteiger partial charge on any atom is -0.462 e. The molecule has 0 N–H and O–H groups in total. The maximum absolute atomic E-state index is 12.7. The minimum absolute atomic E-state index is 0.0717. The monoisotopic (exact) mass is 881 g/mol. The molecule has 364 valence electrons. The van der Waals surface area contributed by atoms with E-state index in [1.807, 2.05) is 0 Å². The molecule has 0 spiro atoms. The molecule has 0 aromatic heterocycles. The van der Waals surface area contributed by atoms with Gasteiger partial charge in [0.25, 0.3) is 0 Å². The van der Waals surface area contributed by atoms with Gasteiger partial charge < -0.3 is 14.2 Å². The first-order chi connectivity index (χ1) is 31.0. The van der Waals surface area contributed by atoms with Crippen molar-refractivity contribution in [2.75, 3.05) is 13.2 Å². The van der Waals surface area contributed by atoms with Gasteiger partial charge in [-0.3, -0.25) is 14.4 Å². The number of hydrogen-bond acceptors (Lipinski definition) is 6. The van der Waals surface area contributed by atoms with E-state index in [9.17, 15) is 14.4 Å². The molecule has 0 saturated heterocycles. The van der Waals surface area contributed by atoms with E-state index in [0.717, 1.165) is 89.9 Å². The summed E-state index contributed by atoms with van der Waals surface area (Å²) in [6, 6.07) is 0.